The van der Waals surface area contributed by atoms with Gasteiger partial charge in [0.25, 0.3) is 0 Å². The molecule has 5 rings (SSSR count). The van der Waals surface area contributed by atoms with Gasteiger partial charge in [-0.25, -0.2) is 8.42 Å². The summed E-state index contributed by atoms with van der Waals surface area (Å²) in [6, 6.07) is 14.3. The Balaban J connectivity index is 1.37. The first kappa shape index (κ1) is 24.5. The molecule has 190 valence electrons. The number of nitrogens with zero attached hydrogens (tertiary/aromatic N) is 1. The van der Waals surface area contributed by atoms with Crippen LogP contribution in [0.5, 0.6) is 0 Å². The van der Waals surface area contributed by atoms with Crippen LogP contribution >= 0.6 is 0 Å². The SMILES string of the molecule is CC(C)(N)C(=O)N[C@H](Cc1c[nH]c2ccccc12)C(=O)N1CCC2(CC1)CS(=O)(=O)c1ccccc12. The largest absolute Gasteiger partial charge is 0.361 e. The number of hydrogen-bond donors (Lipinski definition) is 3. The molecule has 0 aliphatic carbocycles. The van der Waals surface area contributed by atoms with Crippen molar-refractivity contribution < 1.29 is 18.0 Å². The number of amides is 2. The number of aromatic nitrogens is 1. The predicted molar refractivity (Wildman–Crippen MR) is 138 cm³/mol. The minimum Gasteiger partial charge on any atom is -0.361 e. The smallest absolute Gasteiger partial charge is 0.245 e. The number of rotatable bonds is 5. The van der Waals surface area contributed by atoms with Crippen molar-refractivity contribution in [2.45, 2.75) is 55.0 Å². The first-order chi connectivity index (χ1) is 17.0. The van der Waals surface area contributed by atoms with Crippen molar-refractivity contribution in [1.82, 2.24) is 15.2 Å². The molecular formula is C27H32N4O4S. The third kappa shape index (κ3) is 4.30. The van der Waals surface area contributed by atoms with E-state index in [-0.39, 0.29) is 11.7 Å². The number of nitrogens with one attached hydrogen (secondary N) is 2. The summed E-state index contributed by atoms with van der Waals surface area (Å²) in [7, 11) is -3.33. The highest BCUT2D eigenvalue weighted by molar-refractivity contribution is 7.91. The Morgan fingerprint density at radius 1 is 1.11 bits per heavy atom. The molecule has 2 aliphatic heterocycles. The second-order valence-corrected chi connectivity index (χ2v) is 12.6. The summed E-state index contributed by atoms with van der Waals surface area (Å²) in [6.07, 6.45) is 3.32. The molecule has 3 heterocycles. The van der Waals surface area contributed by atoms with E-state index in [9.17, 15) is 18.0 Å². The number of likely N-dealkylation sites (tertiary alicyclic amines) is 1. The number of carbonyl (C=O) groups is 2. The van der Waals surface area contributed by atoms with Gasteiger partial charge in [0.15, 0.2) is 9.84 Å². The molecule has 0 saturated carbocycles. The van der Waals surface area contributed by atoms with Gasteiger partial charge in [0.05, 0.1) is 16.2 Å². The molecule has 8 nitrogen and oxygen atoms in total. The van der Waals surface area contributed by atoms with E-state index in [4.69, 9.17) is 5.73 Å². The van der Waals surface area contributed by atoms with E-state index < -0.39 is 32.7 Å². The number of sulfone groups is 1. The molecule has 1 spiro atoms. The minimum absolute atomic E-state index is 0.0816. The van der Waals surface area contributed by atoms with Crippen molar-refractivity contribution in [1.29, 1.82) is 0 Å². The molecule has 2 aromatic carbocycles. The highest BCUT2D eigenvalue weighted by atomic mass is 32.2. The number of para-hydroxylation sites is 1. The molecule has 1 fully saturated rings. The lowest BCUT2D eigenvalue weighted by Gasteiger charge is -2.40. The Bertz CT molecular complexity index is 1430. The third-order valence-corrected chi connectivity index (χ3v) is 9.54. The normalized spacial score (nSPS) is 19.2. The van der Waals surface area contributed by atoms with Gasteiger partial charge in [-0.05, 0) is 49.9 Å². The second kappa shape index (κ2) is 8.74. The van der Waals surface area contributed by atoms with Gasteiger partial charge in [-0.15, -0.1) is 0 Å². The van der Waals surface area contributed by atoms with Gasteiger partial charge in [-0.2, -0.15) is 0 Å². The van der Waals surface area contributed by atoms with E-state index in [0.29, 0.717) is 37.2 Å². The van der Waals surface area contributed by atoms with Gasteiger partial charge < -0.3 is 20.9 Å². The third-order valence-electron chi connectivity index (χ3n) is 7.58. The monoisotopic (exact) mass is 508 g/mol. The Hall–Kier alpha value is -3.17. The van der Waals surface area contributed by atoms with E-state index in [1.165, 1.54) is 0 Å². The lowest BCUT2D eigenvalue weighted by Crippen LogP contribution is -2.58. The molecule has 1 saturated heterocycles. The molecule has 36 heavy (non-hydrogen) atoms. The van der Waals surface area contributed by atoms with E-state index in [0.717, 1.165) is 22.0 Å². The highest BCUT2D eigenvalue weighted by Crippen LogP contribution is 2.46. The van der Waals surface area contributed by atoms with Crippen LogP contribution in [0.2, 0.25) is 0 Å². The topological polar surface area (TPSA) is 125 Å². The highest BCUT2D eigenvalue weighted by Gasteiger charge is 2.49. The first-order valence-corrected chi connectivity index (χ1v) is 13.9. The van der Waals surface area contributed by atoms with Crippen LogP contribution in [0.1, 0.15) is 37.8 Å². The van der Waals surface area contributed by atoms with Gasteiger partial charge in [0.2, 0.25) is 11.8 Å². The Morgan fingerprint density at radius 3 is 2.50 bits per heavy atom. The van der Waals surface area contributed by atoms with Crippen LogP contribution < -0.4 is 11.1 Å². The lowest BCUT2D eigenvalue weighted by atomic mass is 9.74. The van der Waals surface area contributed by atoms with E-state index in [1.54, 1.807) is 30.9 Å². The summed E-state index contributed by atoms with van der Waals surface area (Å²) in [5, 5.41) is 3.88. The summed E-state index contributed by atoms with van der Waals surface area (Å²) >= 11 is 0. The van der Waals surface area contributed by atoms with Crippen LogP contribution in [0.15, 0.2) is 59.6 Å². The van der Waals surface area contributed by atoms with Gasteiger partial charge in [0, 0.05) is 42.0 Å². The zero-order chi connectivity index (χ0) is 25.7. The number of hydrogen-bond acceptors (Lipinski definition) is 5. The molecule has 2 amide bonds. The van der Waals surface area contributed by atoms with Crippen LogP contribution in [0.25, 0.3) is 10.9 Å². The van der Waals surface area contributed by atoms with Crippen LogP contribution in [-0.4, -0.2) is 60.5 Å². The van der Waals surface area contributed by atoms with Gasteiger partial charge in [0.1, 0.15) is 6.04 Å². The maximum absolute atomic E-state index is 13.7. The number of fused-ring (bicyclic) bond motifs is 3. The fourth-order valence-corrected chi connectivity index (χ4v) is 7.78. The molecule has 1 atom stereocenters. The quantitative estimate of drug-likeness (QED) is 0.488. The predicted octanol–water partition coefficient (Wildman–Crippen LogP) is 2.28. The van der Waals surface area contributed by atoms with E-state index >= 15 is 0 Å². The molecule has 3 aromatic rings. The fourth-order valence-electron chi connectivity index (χ4n) is 5.55. The molecule has 0 radical (unpaired) electrons. The zero-order valence-electron chi connectivity index (χ0n) is 20.6. The molecule has 0 unspecified atom stereocenters. The van der Waals surface area contributed by atoms with Crippen molar-refractivity contribution in [2.75, 3.05) is 18.8 Å². The Kier molecular flexibility index (Phi) is 5.95. The van der Waals surface area contributed by atoms with Crippen molar-refractivity contribution >= 4 is 32.6 Å². The number of nitrogens with two attached hydrogens (primary N) is 1. The Labute approximate surface area is 211 Å². The summed E-state index contributed by atoms with van der Waals surface area (Å²) in [5.41, 5.74) is 7.18. The van der Waals surface area contributed by atoms with Crippen molar-refractivity contribution in [3.05, 3.63) is 65.9 Å². The van der Waals surface area contributed by atoms with Crippen molar-refractivity contribution in [2.24, 2.45) is 5.73 Å². The van der Waals surface area contributed by atoms with Crippen LogP contribution in [0.4, 0.5) is 0 Å². The summed E-state index contributed by atoms with van der Waals surface area (Å²) in [5.74, 6) is -0.495. The number of H-pyrrole nitrogens is 1. The standard InChI is InChI=1S/C27H32N4O4S/c1-26(2,28)25(33)30-22(15-18-16-29-21-9-5-3-7-19(18)21)24(32)31-13-11-27(12-14-31)17-36(34,35)23-10-6-4-8-20(23)27/h3-10,16,22,29H,11-15,17,28H2,1-2H3,(H,30,33)/t22-/m1/s1. The molecule has 4 N–H and O–H groups in total. The number of carbonyl (C=O) groups excluding carboxylic acids is 2. The van der Waals surface area contributed by atoms with E-state index in [2.05, 4.69) is 10.3 Å². The number of aromatic amines is 1. The summed E-state index contributed by atoms with van der Waals surface area (Å²) < 4.78 is 25.6. The molecule has 0 bridgehead atoms. The molecular weight excluding hydrogens is 476 g/mol. The maximum Gasteiger partial charge on any atom is 0.245 e. The lowest BCUT2D eigenvalue weighted by molar-refractivity contribution is -0.138. The number of benzene rings is 2. The molecule has 1 aromatic heterocycles. The van der Waals surface area contributed by atoms with Crippen LogP contribution in [0.3, 0.4) is 0 Å². The van der Waals surface area contributed by atoms with Gasteiger partial charge >= 0.3 is 0 Å². The van der Waals surface area contributed by atoms with Gasteiger partial charge in [-0.3, -0.25) is 9.59 Å². The molecule has 9 heteroatoms. The first-order valence-electron chi connectivity index (χ1n) is 12.3. The summed E-state index contributed by atoms with van der Waals surface area (Å²) in [4.78, 5) is 31.9. The average Bonchev–Trinajstić information content (AvgIpc) is 3.34. The maximum atomic E-state index is 13.7. The van der Waals surface area contributed by atoms with Crippen molar-refractivity contribution in [3.63, 3.8) is 0 Å². The van der Waals surface area contributed by atoms with Crippen LogP contribution in [0, 0.1) is 0 Å². The van der Waals surface area contributed by atoms with E-state index in [1.807, 2.05) is 42.6 Å². The summed E-state index contributed by atoms with van der Waals surface area (Å²) in [6.45, 7) is 4.07. The number of piperidine rings is 1. The zero-order valence-corrected chi connectivity index (χ0v) is 21.4. The molecule has 2 aliphatic rings. The second-order valence-electron chi connectivity index (χ2n) is 10.7. The van der Waals surface area contributed by atoms with Gasteiger partial charge in [-0.1, -0.05) is 36.4 Å². The Morgan fingerprint density at radius 2 is 1.78 bits per heavy atom. The average molecular weight is 509 g/mol. The fraction of sp³-hybridized carbons (Fsp3) is 0.407. The van der Waals surface area contributed by atoms with Crippen LogP contribution in [-0.2, 0) is 31.3 Å². The van der Waals surface area contributed by atoms with Crippen molar-refractivity contribution in [3.8, 4) is 0 Å². The minimum atomic E-state index is -3.33.